The molecule has 0 aliphatic heterocycles. The van der Waals surface area contributed by atoms with Crippen molar-refractivity contribution in [3.8, 4) is 5.75 Å². The minimum atomic E-state index is -3.68. The van der Waals surface area contributed by atoms with E-state index in [9.17, 15) is 18.0 Å². The first-order valence-corrected chi connectivity index (χ1v) is 9.67. The average Bonchev–Trinajstić information content (AvgIpc) is 2.70. The van der Waals surface area contributed by atoms with Gasteiger partial charge in [-0.15, -0.1) is 0 Å². The molecule has 2 amide bonds. The van der Waals surface area contributed by atoms with Crippen LogP contribution in [-0.4, -0.2) is 45.2 Å². The SMILES string of the molecule is C=CCOc1ccccc1C(=O)NNC(=O)c1cccc(S(=O)(=O)N(C)C)c1. The summed E-state index contributed by atoms with van der Waals surface area (Å²) in [6.45, 7) is 3.78. The number of para-hydroxylation sites is 1. The van der Waals surface area contributed by atoms with Crippen LogP contribution in [0.2, 0.25) is 0 Å². The Morgan fingerprint density at radius 1 is 1.07 bits per heavy atom. The van der Waals surface area contributed by atoms with E-state index < -0.39 is 21.8 Å². The van der Waals surface area contributed by atoms with Gasteiger partial charge in [0.05, 0.1) is 10.5 Å². The molecule has 2 aromatic rings. The Bertz CT molecular complexity index is 987. The molecule has 0 aromatic heterocycles. The molecule has 9 heteroatoms. The fraction of sp³-hybridized carbons (Fsp3) is 0.158. The number of nitrogens with zero attached hydrogens (tertiary/aromatic N) is 1. The summed E-state index contributed by atoms with van der Waals surface area (Å²) >= 11 is 0. The van der Waals surface area contributed by atoms with Crippen LogP contribution >= 0.6 is 0 Å². The van der Waals surface area contributed by atoms with Crippen LogP contribution in [0.1, 0.15) is 20.7 Å². The summed E-state index contributed by atoms with van der Waals surface area (Å²) in [6, 6.07) is 12.1. The molecule has 28 heavy (non-hydrogen) atoms. The van der Waals surface area contributed by atoms with E-state index in [1.807, 2.05) is 0 Å². The number of sulfonamides is 1. The summed E-state index contributed by atoms with van der Waals surface area (Å²) in [6.07, 6.45) is 1.55. The maximum Gasteiger partial charge on any atom is 0.273 e. The summed E-state index contributed by atoms with van der Waals surface area (Å²) in [5.74, 6) is -0.896. The quantitative estimate of drug-likeness (QED) is 0.539. The molecule has 2 N–H and O–H groups in total. The standard InChI is InChI=1S/C19H21N3O5S/c1-4-12-27-17-11-6-5-10-16(17)19(24)21-20-18(23)14-8-7-9-15(13-14)28(25,26)22(2)3/h4-11,13H,1,12H2,2-3H3,(H,20,23)(H,21,24). The van der Waals surface area contributed by atoms with Crippen LogP contribution in [0, 0.1) is 0 Å². The van der Waals surface area contributed by atoms with E-state index in [2.05, 4.69) is 17.4 Å². The lowest BCUT2D eigenvalue weighted by Crippen LogP contribution is -2.41. The Hall–Kier alpha value is -3.17. The fourth-order valence-corrected chi connectivity index (χ4v) is 3.14. The normalized spacial score (nSPS) is 11.0. The number of benzene rings is 2. The number of ether oxygens (including phenoxy) is 1. The van der Waals surface area contributed by atoms with Gasteiger partial charge in [0.25, 0.3) is 11.8 Å². The molecule has 0 atom stereocenters. The zero-order valence-electron chi connectivity index (χ0n) is 15.5. The Balaban J connectivity index is 2.11. The predicted octanol–water partition coefficient (Wildman–Crippen LogP) is 1.58. The van der Waals surface area contributed by atoms with Crippen molar-refractivity contribution in [3.05, 3.63) is 72.3 Å². The van der Waals surface area contributed by atoms with Gasteiger partial charge in [0.15, 0.2) is 0 Å². The molecule has 0 radical (unpaired) electrons. The molecule has 148 valence electrons. The van der Waals surface area contributed by atoms with E-state index in [1.54, 1.807) is 30.3 Å². The minimum Gasteiger partial charge on any atom is -0.489 e. The van der Waals surface area contributed by atoms with Crippen molar-refractivity contribution in [1.82, 2.24) is 15.2 Å². The largest absolute Gasteiger partial charge is 0.489 e. The zero-order chi connectivity index (χ0) is 20.7. The molecule has 0 aliphatic carbocycles. The second-order valence-electron chi connectivity index (χ2n) is 5.82. The van der Waals surface area contributed by atoms with Gasteiger partial charge in [0.1, 0.15) is 12.4 Å². The number of rotatable bonds is 7. The third-order valence-electron chi connectivity index (χ3n) is 3.65. The number of carbonyl (C=O) groups is 2. The number of hydrogen-bond acceptors (Lipinski definition) is 5. The second kappa shape index (κ2) is 9.16. The van der Waals surface area contributed by atoms with Crippen LogP contribution in [-0.2, 0) is 10.0 Å². The molecule has 8 nitrogen and oxygen atoms in total. The van der Waals surface area contributed by atoms with Gasteiger partial charge in [0, 0.05) is 19.7 Å². The van der Waals surface area contributed by atoms with Crippen molar-refractivity contribution >= 4 is 21.8 Å². The van der Waals surface area contributed by atoms with Crippen LogP contribution in [0.15, 0.2) is 66.1 Å². The smallest absolute Gasteiger partial charge is 0.273 e. The van der Waals surface area contributed by atoms with Crippen molar-refractivity contribution in [2.24, 2.45) is 0 Å². The molecular weight excluding hydrogens is 382 g/mol. The Kier molecular flexibility index (Phi) is 6.91. The highest BCUT2D eigenvalue weighted by molar-refractivity contribution is 7.89. The van der Waals surface area contributed by atoms with Gasteiger partial charge in [-0.05, 0) is 30.3 Å². The Morgan fingerprint density at radius 2 is 1.75 bits per heavy atom. The lowest BCUT2D eigenvalue weighted by molar-refractivity contribution is 0.0844. The maximum atomic E-state index is 12.3. The van der Waals surface area contributed by atoms with Crippen LogP contribution in [0.5, 0.6) is 5.75 Å². The van der Waals surface area contributed by atoms with Gasteiger partial charge >= 0.3 is 0 Å². The van der Waals surface area contributed by atoms with E-state index in [1.165, 1.54) is 38.4 Å². The number of hydrazine groups is 1. The van der Waals surface area contributed by atoms with Crippen molar-refractivity contribution in [1.29, 1.82) is 0 Å². The highest BCUT2D eigenvalue weighted by Crippen LogP contribution is 2.18. The monoisotopic (exact) mass is 403 g/mol. The third-order valence-corrected chi connectivity index (χ3v) is 5.46. The molecule has 2 aromatic carbocycles. The zero-order valence-corrected chi connectivity index (χ0v) is 16.3. The summed E-state index contributed by atoms with van der Waals surface area (Å²) in [5, 5.41) is 0. The van der Waals surface area contributed by atoms with Crippen LogP contribution < -0.4 is 15.6 Å². The third kappa shape index (κ3) is 4.96. The first-order chi connectivity index (χ1) is 13.3. The Morgan fingerprint density at radius 3 is 2.43 bits per heavy atom. The number of amides is 2. The fourth-order valence-electron chi connectivity index (χ4n) is 2.19. The average molecular weight is 403 g/mol. The molecule has 0 saturated carbocycles. The molecule has 0 aliphatic rings. The van der Waals surface area contributed by atoms with Gasteiger partial charge in [0.2, 0.25) is 10.0 Å². The predicted molar refractivity (Wildman–Crippen MR) is 104 cm³/mol. The van der Waals surface area contributed by atoms with Crippen LogP contribution in [0.3, 0.4) is 0 Å². The molecule has 0 heterocycles. The molecule has 0 bridgehead atoms. The summed E-state index contributed by atoms with van der Waals surface area (Å²) in [4.78, 5) is 24.6. The maximum absolute atomic E-state index is 12.3. The summed E-state index contributed by atoms with van der Waals surface area (Å²) in [7, 11) is -0.886. The Labute approximate surface area is 163 Å². The van der Waals surface area contributed by atoms with Crippen molar-refractivity contribution in [2.45, 2.75) is 4.90 Å². The number of nitrogens with one attached hydrogen (secondary N) is 2. The number of carbonyl (C=O) groups excluding carboxylic acids is 2. The van der Waals surface area contributed by atoms with Gasteiger partial charge in [-0.3, -0.25) is 20.4 Å². The summed E-state index contributed by atoms with van der Waals surface area (Å²) in [5.41, 5.74) is 4.87. The lowest BCUT2D eigenvalue weighted by Gasteiger charge is -2.13. The van der Waals surface area contributed by atoms with E-state index in [4.69, 9.17) is 4.74 Å². The van der Waals surface area contributed by atoms with Gasteiger partial charge in [-0.1, -0.05) is 30.9 Å². The van der Waals surface area contributed by atoms with E-state index in [-0.39, 0.29) is 22.6 Å². The summed E-state index contributed by atoms with van der Waals surface area (Å²) < 4.78 is 30.8. The molecular formula is C19H21N3O5S. The van der Waals surface area contributed by atoms with Crippen molar-refractivity contribution < 1.29 is 22.7 Å². The van der Waals surface area contributed by atoms with Gasteiger partial charge in [-0.2, -0.15) is 0 Å². The lowest BCUT2D eigenvalue weighted by atomic mass is 10.2. The number of hydrogen-bond donors (Lipinski definition) is 2. The van der Waals surface area contributed by atoms with Gasteiger partial charge in [-0.25, -0.2) is 12.7 Å². The van der Waals surface area contributed by atoms with E-state index in [0.29, 0.717) is 5.75 Å². The van der Waals surface area contributed by atoms with Crippen LogP contribution in [0.4, 0.5) is 0 Å². The topological polar surface area (TPSA) is 105 Å². The molecule has 0 unspecified atom stereocenters. The highest BCUT2D eigenvalue weighted by Gasteiger charge is 2.19. The first kappa shape index (κ1) is 21.1. The minimum absolute atomic E-state index is 0.0281. The highest BCUT2D eigenvalue weighted by atomic mass is 32.2. The van der Waals surface area contributed by atoms with E-state index >= 15 is 0 Å². The van der Waals surface area contributed by atoms with Crippen molar-refractivity contribution in [2.75, 3.05) is 20.7 Å². The molecule has 2 rings (SSSR count). The molecule has 0 saturated heterocycles. The van der Waals surface area contributed by atoms with Gasteiger partial charge < -0.3 is 4.74 Å². The molecule has 0 spiro atoms. The first-order valence-electron chi connectivity index (χ1n) is 8.23. The van der Waals surface area contributed by atoms with Crippen molar-refractivity contribution in [3.63, 3.8) is 0 Å². The molecule has 0 fully saturated rings. The second-order valence-corrected chi connectivity index (χ2v) is 7.97. The van der Waals surface area contributed by atoms with E-state index in [0.717, 1.165) is 4.31 Å². The van der Waals surface area contributed by atoms with Crippen LogP contribution in [0.25, 0.3) is 0 Å².